The number of esters is 2. The first-order valence-electron chi connectivity index (χ1n) is 6.60. The van der Waals surface area contributed by atoms with E-state index in [0.717, 1.165) is 0 Å². The molecule has 6 nitrogen and oxygen atoms in total. The minimum absolute atomic E-state index is 0.438. The molecule has 0 aromatic heterocycles. The summed E-state index contributed by atoms with van der Waals surface area (Å²) in [7, 11) is 0. The average molecular weight is 346 g/mol. The van der Waals surface area contributed by atoms with Crippen LogP contribution in [0.25, 0.3) is 0 Å². The number of aliphatic carboxylic acids is 1. The van der Waals surface area contributed by atoms with Gasteiger partial charge in [0, 0.05) is 0 Å². The standard InChI is InChI=1S/C13H18F4O6/c1-4-11(2,3)10(21)23-6-5-22-8(18)7-12(14,9(19)20)13(15,16)17/h4-7H2,1-3H3,(H,19,20). The highest BCUT2D eigenvalue weighted by atomic mass is 19.4. The maximum atomic E-state index is 13.4. The molecule has 0 radical (unpaired) electrons. The molecule has 1 N–H and O–H groups in total. The quantitative estimate of drug-likeness (QED) is 0.412. The van der Waals surface area contributed by atoms with Crippen molar-refractivity contribution in [2.75, 3.05) is 13.2 Å². The van der Waals surface area contributed by atoms with Crippen LogP contribution in [0.15, 0.2) is 0 Å². The van der Waals surface area contributed by atoms with Crippen molar-refractivity contribution in [3.8, 4) is 0 Å². The van der Waals surface area contributed by atoms with Gasteiger partial charge in [0.15, 0.2) is 0 Å². The van der Waals surface area contributed by atoms with Crippen LogP contribution in [-0.4, -0.2) is 48.1 Å². The molecule has 0 spiro atoms. The number of carboxylic acids is 1. The molecule has 1 atom stereocenters. The molecule has 0 aliphatic carbocycles. The van der Waals surface area contributed by atoms with E-state index in [9.17, 15) is 31.9 Å². The van der Waals surface area contributed by atoms with Gasteiger partial charge < -0.3 is 14.6 Å². The molecular formula is C13H18F4O6. The summed E-state index contributed by atoms with van der Waals surface area (Å²) < 4.78 is 59.4. The van der Waals surface area contributed by atoms with Crippen LogP contribution in [0.4, 0.5) is 17.6 Å². The van der Waals surface area contributed by atoms with Gasteiger partial charge in [0.25, 0.3) is 0 Å². The van der Waals surface area contributed by atoms with Crippen molar-refractivity contribution < 1.29 is 46.5 Å². The molecule has 0 saturated heterocycles. The van der Waals surface area contributed by atoms with Crippen molar-refractivity contribution in [1.82, 2.24) is 0 Å². The Labute approximate surface area is 129 Å². The summed E-state index contributed by atoms with van der Waals surface area (Å²) in [6, 6.07) is 0. The van der Waals surface area contributed by atoms with Gasteiger partial charge in [0.05, 0.1) is 11.8 Å². The van der Waals surface area contributed by atoms with Crippen molar-refractivity contribution in [3.63, 3.8) is 0 Å². The lowest BCUT2D eigenvalue weighted by molar-refractivity contribution is -0.239. The number of carboxylic acid groups (broad SMARTS) is 1. The summed E-state index contributed by atoms with van der Waals surface area (Å²) >= 11 is 0. The Morgan fingerprint density at radius 3 is 1.87 bits per heavy atom. The molecule has 0 rings (SSSR count). The third-order valence-corrected chi connectivity index (χ3v) is 3.19. The molecular weight excluding hydrogens is 328 g/mol. The Morgan fingerprint density at radius 2 is 1.48 bits per heavy atom. The molecule has 10 heteroatoms. The van der Waals surface area contributed by atoms with E-state index in [1.807, 2.05) is 0 Å². The summed E-state index contributed by atoms with van der Waals surface area (Å²) in [6.07, 6.45) is -7.32. The number of hydrogen-bond donors (Lipinski definition) is 1. The van der Waals surface area contributed by atoms with Gasteiger partial charge in [-0.2, -0.15) is 13.2 Å². The number of carbonyl (C=O) groups is 3. The maximum Gasteiger partial charge on any atom is 0.434 e. The Bertz CT molecular complexity index is 460. The van der Waals surface area contributed by atoms with Crippen LogP contribution in [0.2, 0.25) is 0 Å². The van der Waals surface area contributed by atoms with Crippen LogP contribution >= 0.6 is 0 Å². The second-order valence-electron chi connectivity index (χ2n) is 5.37. The molecule has 1 unspecified atom stereocenters. The van der Waals surface area contributed by atoms with E-state index in [0.29, 0.717) is 6.42 Å². The summed E-state index contributed by atoms with van der Waals surface area (Å²) in [4.78, 5) is 33.1. The molecule has 0 aromatic carbocycles. The largest absolute Gasteiger partial charge is 0.479 e. The lowest BCUT2D eigenvalue weighted by Crippen LogP contribution is -2.49. The normalized spacial score (nSPS) is 14.7. The smallest absolute Gasteiger partial charge is 0.434 e. The molecule has 134 valence electrons. The topological polar surface area (TPSA) is 89.9 Å². The van der Waals surface area contributed by atoms with E-state index in [1.165, 1.54) is 0 Å². The first kappa shape index (κ1) is 21.1. The molecule has 0 saturated carbocycles. The number of alkyl halides is 4. The molecule has 0 amide bonds. The van der Waals surface area contributed by atoms with Crippen molar-refractivity contribution in [1.29, 1.82) is 0 Å². The number of ether oxygens (including phenoxy) is 2. The fourth-order valence-corrected chi connectivity index (χ4v) is 1.18. The predicted octanol–water partition coefficient (Wildman–Crippen LogP) is 2.25. The number of hydrogen-bond acceptors (Lipinski definition) is 5. The van der Waals surface area contributed by atoms with Gasteiger partial charge in [0.2, 0.25) is 0 Å². The third kappa shape index (κ3) is 5.68. The second-order valence-corrected chi connectivity index (χ2v) is 5.37. The SMILES string of the molecule is CCC(C)(C)C(=O)OCCOC(=O)CC(F)(C(=O)O)C(F)(F)F. The monoisotopic (exact) mass is 346 g/mol. The summed E-state index contributed by atoms with van der Waals surface area (Å²) in [5.41, 5.74) is -5.51. The van der Waals surface area contributed by atoms with Crippen molar-refractivity contribution in [2.24, 2.45) is 5.41 Å². The van der Waals surface area contributed by atoms with Gasteiger partial charge in [-0.05, 0) is 20.3 Å². The minimum Gasteiger partial charge on any atom is -0.479 e. The van der Waals surface area contributed by atoms with Crippen LogP contribution in [0, 0.1) is 5.41 Å². The minimum atomic E-state index is -5.77. The van der Waals surface area contributed by atoms with Gasteiger partial charge in [-0.3, -0.25) is 9.59 Å². The van der Waals surface area contributed by atoms with Crippen LogP contribution in [0.5, 0.6) is 0 Å². The van der Waals surface area contributed by atoms with Crippen molar-refractivity contribution >= 4 is 17.9 Å². The van der Waals surface area contributed by atoms with Crippen LogP contribution < -0.4 is 0 Å². The first-order chi connectivity index (χ1) is 10.3. The zero-order valence-corrected chi connectivity index (χ0v) is 12.8. The van der Waals surface area contributed by atoms with E-state index in [1.54, 1.807) is 20.8 Å². The Hall–Kier alpha value is -1.87. The Morgan fingerprint density at radius 1 is 1.00 bits per heavy atom. The summed E-state index contributed by atoms with van der Waals surface area (Å²) in [5.74, 6) is -5.15. The fraction of sp³-hybridized carbons (Fsp3) is 0.769. The third-order valence-electron chi connectivity index (χ3n) is 3.19. The molecule has 0 aliphatic rings. The van der Waals surface area contributed by atoms with Gasteiger partial charge in [-0.15, -0.1) is 0 Å². The Kier molecular flexibility index (Phi) is 6.98. The molecule has 0 heterocycles. The lowest BCUT2D eigenvalue weighted by Gasteiger charge is -2.22. The molecule has 0 fully saturated rings. The predicted molar refractivity (Wildman–Crippen MR) is 68.1 cm³/mol. The number of halogens is 4. The number of rotatable bonds is 8. The molecule has 0 bridgehead atoms. The zero-order chi connectivity index (χ0) is 18.5. The van der Waals surface area contributed by atoms with E-state index in [4.69, 9.17) is 9.84 Å². The zero-order valence-electron chi connectivity index (χ0n) is 12.8. The van der Waals surface area contributed by atoms with E-state index < -0.39 is 54.8 Å². The lowest BCUT2D eigenvalue weighted by atomic mass is 9.91. The highest BCUT2D eigenvalue weighted by Crippen LogP contribution is 2.37. The van der Waals surface area contributed by atoms with E-state index in [2.05, 4.69) is 4.74 Å². The first-order valence-corrected chi connectivity index (χ1v) is 6.60. The molecule has 23 heavy (non-hydrogen) atoms. The van der Waals surface area contributed by atoms with Gasteiger partial charge >= 0.3 is 29.8 Å². The number of carbonyl (C=O) groups excluding carboxylic acids is 2. The van der Waals surface area contributed by atoms with Crippen molar-refractivity contribution in [2.45, 2.75) is 45.5 Å². The molecule has 0 aliphatic heterocycles. The van der Waals surface area contributed by atoms with Crippen molar-refractivity contribution in [3.05, 3.63) is 0 Å². The average Bonchev–Trinajstić information content (AvgIpc) is 2.41. The summed E-state index contributed by atoms with van der Waals surface area (Å²) in [6.45, 7) is 3.90. The maximum absolute atomic E-state index is 13.4. The van der Waals surface area contributed by atoms with Crippen LogP contribution in [0.3, 0.4) is 0 Å². The van der Waals surface area contributed by atoms with Crippen LogP contribution in [-0.2, 0) is 23.9 Å². The fourth-order valence-electron chi connectivity index (χ4n) is 1.18. The van der Waals surface area contributed by atoms with E-state index in [-0.39, 0.29) is 0 Å². The van der Waals surface area contributed by atoms with Gasteiger partial charge in [0.1, 0.15) is 13.2 Å². The highest BCUT2D eigenvalue weighted by molar-refractivity contribution is 5.85. The van der Waals surface area contributed by atoms with Crippen LogP contribution in [0.1, 0.15) is 33.6 Å². The second kappa shape index (κ2) is 7.60. The Balaban J connectivity index is 4.43. The summed E-state index contributed by atoms with van der Waals surface area (Å²) in [5, 5.41) is 8.31. The molecule has 0 aromatic rings. The van der Waals surface area contributed by atoms with Gasteiger partial charge in [-0.25, -0.2) is 9.18 Å². The highest BCUT2D eigenvalue weighted by Gasteiger charge is 2.63. The van der Waals surface area contributed by atoms with Gasteiger partial charge in [-0.1, -0.05) is 6.92 Å². The van der Waals surface area contributed by atoms with E-state index >= 15 is 0 Å².